The second-order valence-corrected chi connectivity index (χ2v) is 4.21. The SMILES string of the molecule is OCC1=C[C@@H](n2cnc3cncnc32)[C@H](O)[C@@H]1O. The number of rotatable bonds is 2. The lowest BCUT2D eigenvalue weighted by atomic mass is 10.1. The van der Waals surface area contributed by atoms with E-state index in [-0.39, 0.29) is 6.61 Å². The van der Waals surface area contributed by atoms with Crippen molar-refractivity contribution in [2.75, 3.05) is 6.61 Å². The van der Waals surface area contributed by atoms with Crippen molar-refractivity contribution in [1.29, 1.82) is 0 Å². The lowest BCUT2D eigenvalue weighted by molar-refractivity contribution is 0.0287. The average molecular weight is 248 g/mol. The Morgan fingerprint density at radius 2 is 2.11 bits per heavy atom. The van der Waals surface area contributed by atoms with Crippen LogP contribution in [0.25, 0.3) is 11.2 Å². The van der Waals surface area contributed by atoms with Crippen LogP contribution in [0.15, 0.2) is 30.5 Å². The molecule has 7 heteroatoms. The van der Waals surface area contributed by atoms with Crippen LogP contribution in [0.1, 0.15) is 6.04 Å². The van der Waals surface area contributed by atoms with Crippen molar-refractivity contribution < 1.29 is 15.3 Å². The summed E-state index contributed by atoms with van der Waals surface area (Å²) in [7, 11) is 0. The Morgan fingerprint density at radius 1 is 1.28 bits per heavy atom. The average Bonchev–Trinajstić information content (AvgIpc) is 2.93. The van der Waals surface area contributed by atoms with Crippen molar-refractivity contribution in [3.63, 3.8) is 0 Å². The molecule has 0 spiro atoms. The van der Waals surface area contributed by atoms with E-state index >= 15 is 0 Å². The van der Waals surface area contributed by atoms with Crippen LogP contribution in [0.2, 0.25) is 0 Å². The maximum absolute atomic E-state index is 9.99. The molecule has 0 fully saturated rings. The van der Waals surface area contributed by atoms with E-state index in [0.717, 1.165) is 0 Å². The first kappa shape index (κ1) is 11.3. The summed E-state index contributed by atoms with van der Waals surface area (Å²) >= 11 is 0. The van der Waals surface area contributed by atoms with Gasteiger partial charge in [0.1, 0.15) is 24.1 Å². The third-order valence-electron chi connectivity index (χ3n) is 3.18. The minimum absolute atomic E-state index is 0.281. The van der Waals surface area contributed by atoms with Gasteiger partial charge in [0.25, 0.3) is 0 Å². The van der Waals surface area contributed by atoms with Crippen LogP contribution in [0.4, 0.5) is 0 Å². The predicted octanol–water partition coefficient (Wildman–Crippen LogP) is -0.979. The second kappa shape index (κ2) is 4.13. The Labute approximate surface area is 102 Å². The Balaban J connectivity index is 2.08. The van der Waals surface area contributed by atoms with Crippen molar-refractivity contribution in [1.82, 2.24) is 19.5 Å². The van der Waals surface area contributed by atoms with Gasteiger partial charge in [0.05, 0.1) is 25.2 Å². The number of hydrogen-bond acceptors (Lipinski definition) is 6. The summed E-state index contributed by atoms with van der Waals surface area (Å²) in [5.41, 5.74) is 1.60. The summed E-state index contributed by atoms with van der Waals surface area (Å²) in [5, 5.41) is 28.8. The van der Waals surface area contributed by atoms with Gasteiger partial charge < -0.3 is 19.9 Å². The largest absolute Gasteiger partial charge is 0.392 e. The normalized spacial score (nSPS) is 27.7. The number of hydrogen-bond donors (Lipinski definition) is 3. The molecule has 0 amide bonds. The van der Waals surface area contributed by atoms with E-state index in [1.54, 1.807) is 16.8 Å². The minimum Gasteiger partial charge on any atom is -0.392 e. The van der Waals surface area contributed by atoms with E-state index in [9.17, 15) is 10.2 Å². The van der Waals surface area contributed by atoms with Crippen molar-refractivity contribution in [3.8, 4) is 0 Å². The van der Waals surface area contributed by atoms with Gasteiger partial charge in [-0.15, -0.1) is 0 Å². The lowest BCUT2D eigenvalue weighted by Gasteiger charge is -2.18. The van der Waals surface area contributed by atoms with Gasteiger partial charge in [-0.05, 0) is 5.57 Å². The number of nitrogens with zero attached hydrogens (tertiary/aromatic N) is 4. The molecule has 18 heavy (non-hydrogen) atoms. The third-order valence-corrected chi connectivity index (χ3v) is 3.18. The number of imidazole rings is 1. The highest BCUT2D eigenvalue weighted by Crippen LogP contribution is 2.30. The van der Waals surface area contributed by atoms with E-state index in [2.05, 4.69) is 15.0 Å². The quantitative estimate of drug-likeness (QED) is 0.590. The zero-order valence-corrected chi connectivity index (χ0v) is 9.38. The summed E-state index contributed by atoms with van der Waals surface area (Å²) < 4.78 is 1.66. The molecule has 0 unspecified atom stereocenters. The van der Waals surface area contributed by atoms with Gasteiger partial charge in [-0.25, -0.2) is 15.0 Å². The summed E-state index contributed by atoms with van der Waals surface area (Å²) in [6, 6.07) is -0.484. The topological polar surface area (TPSA) is 104 Å². The molecule has 0 saturated carbocycles. The molecule has 7 nitrogen and oxygen atoms in total. The van der Waals surface area contributed by atoms with Crippen LogP contribution in [-0.2, 0) is 0 Å². The molecular formula is C11H12N4O3. The molecule has 2 heterocycles. The second-order valence-electron chi connectivity index (χ2n) is 4.21. The monoisotopic (exact) mass is 248 g/mol. The molecule has 3 N–H and O–H groups in total. The summed E-state index contributed by atoms with van der Waals surface area (Å²) in [5.74, 6) is 0. The first-order chi connectivity index (χ1) is 8.72. The molecule has 0 radical (unpaired) electrons. The number of aliphatic hydroxyl groups is 3. The first-order valence-electron chi connectivity index (χ1n) is 5.52. The number of aliphatic hydroxyl groups excluding tert-OH is 3. The third kappa shape index (κ3) is 1.52. The molecule has 3 atom stereocenters. The maximum atomic E-state index is 9.99. The first-order valence-corrected chi connectivity index (χ1v) is 5.52. The van der Waals surface area contributed by atoms with Crippen LogP contribution >= 0.6 is 0 Å². The van der Waals surface area contributed by atoms with Crippen LogP contribution in [0.5, 0.6) is 0 Å². The molecule has 0 aliphatic heterocycles. The number of aromatic nitrogens is 4. The molecule has 1 aliphatic carbocycles. The van der Waals surface area contributed by atoms with Crippen LogP contribution < -0.4 is 0 Å². The Kier molecular flexibility index (Phi) is 2.58. The van der Waals surface area contributed by atoms with Gasteiger partial charge in [0, 0.05) is 0 Å². The van der Waals surface area contributed by atoms with Crippen molar-refractivity contribution in [2.45, 2.75) is 18.2 Å². The highest BCUT2D eigenvalue weighted by atomic mass is 16.3. The van der Waals surface area contributed by atoms with Crippen LogP contribution in [0.3, 0.4) is 0 Å². The molecule has 1 aliphatic rings. The van der Waals surface area contributed by atoms with Crippen LogP contribution in [-0.4, -0.2) is 53.7 Å². The lowest BCUT2D eigenvalue weighted by Crippen LogP contribution is -2.30. The molecule has 2 aromatic heterocycles. The molecule has 0 bridgehead atoms. The van der Waals surface area contributed by atoms with E-state index in [4.69, 9.17) is 5.11 Å². The minimum atomic E-state index is -1.06. The Bertz CT molecular complexity index is 609. The van der Waals surface area contributed by atoms with Gasteiger partial charge in [-0.3, -0.25) is 0 Å². The zero-order valence-electron chi connectivity index (χ0n) is 9.38. The fraction of sp³-hybridized carbons (Fsp3) is 0.364. The van der Waals surface area contributed by atoms with Gasteiger partial charge in [0.15, 0.2) is 5.65 Å². The maximum Gasteiger partial charge on any atom is 0.163 e. The fourth-order valence-corrected chi connectivity index (χ4v) is 2.22. The van der Waals surface area contributed by atoms with E-state index in [0.29, 0.717) is 16.7 Å². The Hall–Kier alpha value is -1.83. The molecule has 2 aromatic rings. The summed E-state index contributed by atoms with van der Waals surface area (Å²) in [6.45, 7) is -0.281. The highest BCUT2D eigenvalue weighted by molar-refractivity contribution is 5.69. The van der Waals surface area contributed by atoms with Gasteiger partial charge in [-0.2, -0.15) is 0 Å². The van der Waals surface area contributed by atoms with E-state index in [1.165, 1.54) is 12.7 Å². The fourth-order valence-electron chi connectivity index (χ4n) is 2.22. The molecule has 0 saturated heterocycles. The molecular weight excluding hydrogens is 236 g/mol. The van der Waals surface area contributed by atoms with E-state index in [1.807, 2.05) is 0 Å². The summed E-state index contributed by atoms with van der Waals surface area (Å²) in [6.07, 6.45) is 4.08. The van der Waals surface area contributed by atoms with Crippen molar-refractivity contribution >= 4 is 11.2 Å². The zero-order chi connectivity index (χ0) is 12.7. The van der Waals surface area contributed by atoms with Crippen LogP contribution in [0, 0.1) is 0 Å². The molecule has 94 valence electrons. The Morgan fingerprint density at radius 3 is 2.83 bits per heavy atom. The predicted molar refractivity (Wildman–Crippen MR) is 61.5 cm³/mol. The van der Waals surface area contributed by atoms with Crippen molar-refractivity contribution in [3.05, 3.63) is 30.5 Å². The standard InChI is InChI=1S/C11H12N4O3/c16-3-6-1-8(10(18)9(6)17)15-5-14-7-2-12-4-13-11(7)15/h1-2,4-5,8-10,16-18H,3H2/t8-,9-,10+/m1/s1. The van der Waals surface area contributed by atoms with Gasteiger partial charge in [-0.1, -0.05) is 6.08 Å². The smallest absolute Gasteiger partial charge is 0.163 e. The number of fused-ring (bicyclic) bond motifs is 1. The van der Waals surface area contributed by atoms with E-state index < -0.39 is 18.2 Å². The van der Waals surface area contributed by atoms with Gasteiger partial charge in [0.2, 0.25) is 0 Å². The highest BCUT2D eigenvalue weighted by Gasteiger charge is 2.35. The van der Waals surface area contributed by atoms with Gasteiger partial charge >= 0.3 is 0 Å². The van der Waals surface area contributed by atoms with Crippen molar-refractivity contribution in [2.24, 2.45) is 0 Å². The summed E-state index contributed by atoms with van der Waals surface area (Å²) in [4.78, 5) is 12.1. The molecule has 0 aromatic carbocycles. The molecule has 3 rings (SSSR count).